The number of rotatable bonds is 2. The molecule has 5 heteroatoms. The first-order chi connectivity index (χ1) is 8.70. The van der Waals surface area contributed by atoms with Crippen molar-refractivity contribution in [2.75, 3.05) is 0 Å². The van der Waals surface area contributed by atoms with Gasteiger partial charge in [-0.05, 0) is 17.7 Å². The van der Waals surface area contributed by atoms with Crippen LogP contribution in [0.15, 0.2) is 30.0 Å². The van der Waals surface area contributed by atoms with Crippen LogP contribution in [0.3, 0.4) is 0 Å². The fourth-order valence-corrected chi connectivity index (χ4v) is 1.37. The Morgan fingerprint density at radius 2 is 2.22 bits per heavy atom. The van der Waals surface area contributed by atoms with E-state index in [4.69, 9.17) is 11.0 Å². The van der Waals surface area contributed by atoms with Crippen molar-refractivity contribution >= 4 is 22.9 Å². The molecule has 0 bridgehead atoms. The van der Waals surface area contributed by atoms with Crippen LogP contribution in [-0.2, 0) is 4.79 Å². The maximum Gasteiger partial charge on any atom is 0.259 e. The van der Waals surface area contributed by atoms with E-state index in [1.165, 1.54) is 6.08 Å². The van der Waals surface area contributed by atoms with Crippen molar-refractivity contribution in [1.29, 1.82) is 5.26 Å². The molecule has 5 nitrogen and oxygen atoms in total. The molecule has 0 fully saturated rings. The molecular formula is C13H14N4O. The van der Waals surface area contributed by atoms with Crippen molar-refractivity contribution in [2.24, 2.45) is 5.73 Å². The lowest BCUT2D eigenvalue weighted by Crippen LogP contribution is -2.12. The van der Waals surface area contributed by atoms with Crippen molar-refractivity contribution in [3.05, 3.63) is 35.5 Å². The van der Waals surface area contributed by atoms with E-state index < -0.39 is 5.91 Å². The summed E-state index contributed by atoms with van der Waals surface area (Å²) < 4.78 is 0. The van der Waals surface area contributed by atoms with Crippen molar-refractivity contribution in [3.8, 4) is 6.07 Å². The molecule has 0 unspecified atom stereocenters. The lowest BCUT2D eigenvalue weighted by atomic mass is 10.1. The Labute approximate surface area is 105 Å². The third-order valence-corrected chi connectivity index (χ3v) is 2.16. The van der Waals surface area contributed by atoms with Gasteiger partial charge in [0.25, 0.3) is 5.91 Å². The van der Waals surface area contributed by atoms with Crippen molar-refractivity contribution in [3.63, 3.8) is 0 Å². The fourth-order valence-electron chi connectivity index (χ4n) is 1.37. The monoisotopic (exact) mass is 242 g/mol. The molecule has 0 saturated heterocycles. The average Bonchev–Trinajstić information content (AvgIpc) is 2.85. The normalized spacial score (nSPS) is 10.4. The quantitative estimate of drug-likeness (QED) is 0.622. The van der Waals surface area contributed by atoms with Crippen molar-refractivity contribution in [1.82, 2.24) is 10.2 Å². The van der Waals surface area contributed by atoms with E-state index in [1.807, 2.05) is 19.9 Å². The van der Waals surface area contributed by atoms with Crippen LogP contribution in [0.2, 0.25) is 0 Å². The smallest absolute Gasteiger partial charge is 0.259 e. The second-order valence-electron chi connectivity index (χ2n) is 3.25. The number of aromatic nitrogens is 2. The summed E-state index contributed by atoms with van der Waals surface area (Å²) in [5, 5.41) is 16.3. The second kappa shape index (κ2) is 6.21. The highest BCUT2D eigenvalue weighted by Crippen LogP contribution is 2.14. The molecule has 2 rings (SSSR count). The van der Waals surface area contributed by atoms with Gasteiger partial charge in [-0.15, -0.1) is 0 Å². The molecule has 2 aromatic rings. The van der Waals surface area contributed by atoms with Gasteiger partial charge in [-0.1, -0.05) is 26.0 Å². The summed E-state index contributed by atoms with van der Waals surface area (Å²) in [4.78, 5) is 10.9. The minimum Gasteiger partial charge on any atom is -0.365 e. The lowest BCUT2D eigenvalue weighted by molar-refractivity contribution is -0.114. The number of carbonyl (C=O) groups is 1. The Morgan fingerprint density at radius 3 is 2.83 bits per heavy atom. The number of nitriles is 1. The molecule has 0 saturated carbocycles. The molecular weight excluding hydrogens is 228 g/mol. The second-order valence-corrected chi connectivity index (χ2v) is 3.25. The summed E-state index contributed by atoms with van der Waals surface area (Å²) in [5.41, 5.74) is 6.54. The number of hydrogen-bond donors (Lipinski definition) is 2. The minimum atomic E-state index is -0.729. The van der Waals surface area contributed by atoms with Crippen LogP contribution in [0, 0.1) is 11.3 Å². The first-order valence-electron chi connectivity index (χ1n) is 5.55. The van der Waals surface area contributed by atoms with Crippen LogP contribution >= 0.6 is 0 Å². The number of benzene rings is 1. The molecule has 0 spiro atoms. The molecule has 92 valence electrons. The third kappa shape index (κ3) is 2.95. The number of fused-ring (bicyclic) bond motifs is 1. The van der Waals surface area contributed by atoms with E-state index in [0.717, 1.165) is 16.5 Å². The highest BCUT2D eigenvalue weighted by molar-refractivity contribution is 6.00. The number of H-pyrrole nitrogens is 1. The number of aromatic amines is 1. The Kier molecular flexibility index (Phi) is 4.64. The van der Waals surface area contributed by atoms with Gasteiger partial charge in [-0.2, -0.15) is 10.4 Å². The highest BCUT2D eigenvalue weighted by atomic mass is 16.1. The largest absolute Gasteiger partial charge is 0.365 e. The summed E-state index contributed by atoms with van der Waals surface area (Å²) in [6.45, 7) is 4.00. The molecule has 0 aliphatic carbocycles. The molecule has 0 aliphatic rings. The summed E-state index contributed by atoms with van der Waals surface area (Å²) in [7, 11) is 0. The van der Waals surface area contributed by atoms with E-state index in [2.05, 4.69) is 10.2 Å². The van der Waals surface area contributed by atoms with Gasteiger partial charge in [0.05, 0.1) is 11.7 Å². The fraction of sp³-hybridized carbons (Fsp3) is 0.154. The van der Waals surface area contributed by atoms with Gasteiger partial charge in [-0.25, -0.2) is 0 Å². The van der Waals surface area contributed by atoms with Crippen LogP contribution < -0.4 is 5.73 Å². The number of nitrogens with two attached hydrogens (primary N) is 1. The number of hydrogen-bond acceptors (Lipinski definition) is 3. The van der Waals surface area contributed by atoms with E-state index in [9.17, 15) is 4.79 Å². The number of carbonyl (C=O) groups excluding carboxylic acids is 1. The Hall–Kier alpha value is -2.61. The van der Waals surface area contributed by atoms with Crippen LogP contribution in [0.4, 0.5) is 0 Å². The summed E-state index contributed by atoms with van der Waals surface area (Å²) >= 11 is 0. The molecule has 1 heterocycles. The zero-order valence-electron chi connectivity index (χ0n) is 10.3. The molecule has 3 N–H and O–H groups in total. The minimum absolute atomic E-state index is 0.0705. The van der Waals surface area contributed by atoms with Gasteiger partial charge in [-0.3, -0.25) is 9.89 Å². The van der Waals surface area contributed by atoms with Gasteiger partial charge >= 0.3 is 0 Å². The van der Waals surface area contributed by atoms with Crippen LogP contribution in [0.1, 0.15) is 19.4 Å². The Morgan fingerprint density at radius 1 is 1.50 bits per heavy atom. The number of nitrogens with one attached hydrogen (secondary N) is 1. The predicted molar refractivity (Wildman–Crippen MR) is 70.2 cm³/mol. The molecule has 0 atom stereocenters. The van der Waals surface area contributed by atoms with Gasteiger partial charge in [0.2, 0.25) is 0 Å². The molecule has 18 heavy (non-hydrogen) atoms. The Bertz CT molecular complexity index is 619. The summed E-state index contributed by atoms with van der Waals surface area (Å²) in [5.74, 6) is -0.729. The first-order valence-corrected chi connectivity index (χ1v) is 5.55. The molecule has 0 radical (unpaired) electrons. The van der Waals surface area contributed by atoms with Gasteiger partial charge in [0, 0.05) is 5.39 Å². The third-order valence-electron chi connectivity index (χ3n) is 2.16. The zero-order valence-corrected chi connectivity index (χ0v) is 10.3. The Balaban J connectivity index is 0.000000771. The van der Waals surface area contributed by atoms with Crippen LogP contribution in [-0.4, -0.2) is 16.1 Å². The highest BCUT2D eigenvalue weighted by Gasteiger charge is 2.03. The molecule has 1 amide bonds. The molecule has 1 aromatic heterocycles. The van der Waals surface area contributed by atoms with Gasteiger partial charge in [0.15, 0.2) is 0 Å². The number of nitrogens with zero attached hydrogens (tertiary/aromatic N) is 2. The number of primary amides is 1. The van der Waals surface area contributed by atoms with Crippen LogP contribution in [0.5, 0.6) is 0 Å². The maximum absolute atomic E-state index is 10.9. The summed E-state index contributed by atoms with van der Waals surface area (Å²) in [6.07, 6.45) is 3.14. The first kappa shape index (κ1) is 13.5. The van der Waals surface area contributed by atoms with Crippen molar-refractivity contribution < 1.29 is 4.79 Å². The van der Waals surface area contributed by atoms with Crippen molar-refractivity contribution in [2.45, 2.75) is 13.8 Å². The summed E-state index contributed by atoms with van der Waals surface area (Å²) in [6, 6.07) is 7.18. The molecule has 0 aliphatic heterocycles. The van der Waals surface area contributed by atoms with E-state index >= 15 is 0 Å². The topological polar surface area (TPSA) is 95.6 Å². The number of amides is 1. The SMILES string of the molecule is CC.N#C/C(=C\c1ccc2cn[nH]c2c1)C(N)=O. The average molecular weight is 242 g/mol. The lowest BCUT2D eigenvalue weighted by Gasteiger charge is -1.95. The zero-order chi connectivity index (χ0) is 13.5. The van der Waals surface area contributed by atoms with E-state index in [-0.39, 0.29) is 5.57 Å². The van der Waals surface area contributed by atoms with Crippen LogP contribution in [0.25, 0.3) is 17.0 Å². The van der Waals surface area contributed by atoms with Gasteiger partial charge in [0.1, 0.15) is 11.6 Å². The van der Waals surface area contributed by atoms with E-state index in [1.54, 1.807) is 24.4 Å². The molecule has 1 aromatic carbocycles. The maximum atomic E-state index is 10.9. The van der Waals surface area contributed by atoms with E-state index in [0.29, 0.717) is 0 Å². The standard InChI is InChI=1S/C11H8N4O.C2H6/c12-5-9(11(13)16)3-7-1-2-8-6-14-15-10(8)4-7;1-2/h1-4,6H,(H2,13,16)(H,14,15);1-2H3/b9-3+;. The van der Waals surface area contributed by atoms with Gasteiger partial charge < -0.3 is 5.73 Å². The predicted octanol–water partition coefficient (Wildman–Crippen LogP) is 1.98.